The van der Waals surface area contributed by atoms with Crippen LogP contribution in [0.2, 0.25) is 0 Å². The third-order valence-corrected chi connectivity index (χ3v) is 6.54. The molecule has 0 radical (unpaired) electrons. The molecule has 0 aliphatic heterocycles. The molecule has 0 aliphatic carbocycles. The lowest BCUT2D eigenvalue weighted by atomic mass is 10.0. The zero-order valence-corrected chi connectivity index (χ0v) is 23.2. The normalized spacial score (nSPS) is 11.2. The van der Waals surface area contributed by atoms with Crippen molar-refractivity contribution in [1.82, 2.24) is 0 Å². The predicted molar refractivity (Wildman–Crippen MR) is 144 cm³/mol. The number of hydrogen-bond donors (Lipinski definition) is 0. The van der Waals surface area contributed by atoms with E-state index in [-0.39, 0.29) is 18.0 Å². The predicted octanol–water partition coefficient (Wildman–Crippen LogP) is 9.47. The highest BCUT2D eigenvalue weighted by atomic mass is 16.5. The smallest absolute Gasteiger partial charge is 0.306 e. The van der Waals surface area contributed by atoms with Gasteiger partial charge in [0.1, 0.15) is 6.10 Å². The molecule has 0 amide bonds. The van der Waals surface area contributed by atoms with E-state index < -0.39 is 0 Å². The van der Waals surface area contributed by atoms with Crippen molar-refractivity contribution < 1.29 is 19.1 Å². The molecule has 0 aromatic rings. The molecule has 0 spiro atoms. The average molecular weight is 483 g/mol. The Morgan fingerprint density at radius 1 is 0.500 bits per heavy atom. The number of ether oxygens (including phenoxy) is 2. The van der Waals surface area contributed by atoms with Crippen molar-refractivity contribution in [2.45, 2.75) is 175 Å². The maximum Gasteiger partial charge on any atom is 0.306 e. The Morgan fingerprint density at radius 2 is 0.912 bits per heavy atom. The van der Waals surface area contributed by atoms with Crippen LogP contribution in [0, 0.1) is 0 Å². The van der Waals surface area contributed by atoms with E-state index in [0.717, 1.165) is 38.5 Å². The highest BCUT2D eigenvalue weighted by Gasteiger charge is 2.13. The number of unbranched alkanes of at least 4 members (excludes halogenated alkanes) is 15. The van der Waals surface area contributed by atoms with Crippen molar-refractivity contribution in [3.63, 3.8) is 0 Å². The molecule has 0 fully saturated rings. The molecule has 202 valence electrons. The van der Waals surface area contributed by atoms with Gasteiger partial charge < -0.3 is 9.47 Å². The van der Waals surface area contributed by atoms with Gasteiger partial charge in [-0.15, -0.1) is 0 Å². The van der Waals surface area contributed by atoms with Crippen LogP contribution in [0.4, 0.5) is 0 Å². The number of carbonyl (C=O) groups excluding carboxylic acids is 2. The van der Waals surface area contributed by atoms with Gasteiger partial charge in [-0.05, 0) is 25.7 Å². The lowest BCUT2D eigenvalue weighted by Gasteiger charge is -2.16. The van der Waals surface area contributed by atoms with E-state index in [1.165, 1.54) is 89.9 Å². The Hall–Kier alpha value is -1.06. The van der Waals surface area contributed by atoms with Crippen LogP contribution in [-0.2, 0) is 19.1 Å². The third kappa shape index (κ3) is 24.1. The molecule has 0 bridgehead atoms. The van der Waals surface area contributed by atoms with Crippen molar-refractivity contribution in [1.29, 1.82) is 0 Å². The molecule has 4 nitrogen and oxygen atoms in total. The molecule has 0 rings (SSSR count). The molecular weight excluding hydrogens is 424 g/mol. The molecular formula is C30H58O4. The summed E-state index contributed by atoms with van der Waals surface area (Å²) in [5.74, 6) is -0.370. The summed E-state index contributed by atoms with van der Waals surface area (Å²) in [6.07, 6.45) is 26.4. The molecule has 0 saturated heterocycles. The van der Waals surface area contributed by atoms with Crippen LogP contribution in [0.3, 0.4) is 0 Å². The third-order valence-electron chi connectivity index (χ3n) is 6.54. The summed E-state index contributed by atoms with van der Waals surface area (Å²) in [5, 5.41) is 0. The van der Waals surface area contributed by atoms with E-state index in [4.69, 9.17) is 9.47 Å². The summed E-state index contributed by atoms with van der Waals surface area (Å²) in [5.41, 5.74) is 0. The van der Waals surface area contributed by atoms with Crippen LogP contribution >= 0.6 is 0 Å². The topological polar surface area (TPSA) is 52.6 Å². The lowest BCUT2D eigenvalue weighted by molar-refractivity contribution is -0.150. The molecule has 0 aliphatic rings. The quantitative estimate of drug-likeness (QED) is 0.0909. The second kappa shape index (κ2) is 26.5. The van der Waals surface area contributed by atoms with Crippen LogP contribution in [0.5, 0.6) is 0 Å². The van der Waals surface area contributed by atoms with Crippen molar-refractivity contribution in [3.8, 4) is 0 Å². The molecule has 34 heavy (non-hydrogen) atoms. The van der Waals surface area contributed by atoms with Crippen molar-refractivity contribution >= 4 is 11.9 Å². The molecule has 0 heterocycles. The zero-order valence-electron chi connectivity index (χ0n) is 23.2. The van der Waals surface area contributed by atoms with Crippen molar-refractivity contribution in [2.24, 2.45) is 0 Å². The molecule has 0 aromatic heterocycles. The molecule has 0 atom stereocenters. The Kier molecular flexibility index (Phi) is 25.7. The standard InChI is InChI=1S/C30H58O4/c1-4-7-8-9-10-11-12-13-14-15-16-17-18-19-20-21-27-33-29(31)25-22-26-30(32)34-28(23-5-2)24-6-3/h28H,4-27H2,1-3H3. The number of esters is 2. The second-order valence-corrected chi connectivity index (χ2v) is 10.1. The van der Waals surface area contributed by atoms with Gasteiger partial charge in [0.05, 0.1) is 6.61 Å². The van der Waals surface area contributed by atoms with E-state index in [0.29, 0.717) is 25.9 Å². The zero-order chi connectivity index (χ0) is 25.1. The number of hydrogen-bond acceptors (Lipinski definition) is 4. The largest absolute Gasteiger partial charge is 0.466 e. The van der Waals surface area contributed by atoms with Gasteiger partial charge in [0.15, 0.2) is 0 Å². The summed E-state index contributed by atoms with van der Waals surface area (Å²) >= 11 is 0. The van der Waals surface area contributed by atoms with E-state index in [1.54, 1.807) is 0 Å². The van der Waals surface area contributed by atoms with Gasteiger partial charge in [0.2, 0.25) is 0 Å². The first kappa shape index (κ1) is 32.9. The second-order valence-electron chi connectivity index (χ2n) is 10.1. The highest BCUT2D eigenvalue weighted by Crippen LogP contribution is 2.14. The molecule has 0 N–H and O–H groups in total. The highest BCUT2D eigenvalue weighted by molar-refractivity contribution is 5.72. The maximum atomic E-state index is 11.9. The maximum absolute atomic E-state index is 11.9. The van der Waals surface area contributed by atoms with Crippen LogP contribution in [0.15, 0.2) is 0 Å². The van der Waals surface area contributed by atoms with Crippen LogP contribution in [0.25, 0.3) is 0 Å². The van der Waals surface area contributed by atoms with Crippen molar-refractivity contribution in [3.05, 3.63) is 0 Å². The van der Waals surface area contributed by atoms with Gasteiger partial charge in [0, 0.05) is 12.8 Å². The minimum atomic E-state index is -0.188. The number of rotatable bonds is 26. The van der Waals surface area contributed by atoms with E-state index in [2.05, 4.69) is 20.8 Å². The van der Waals surface area contributed by atoms with Gasteiger partial charge in [0.25, 0.3) is 0 Å². The molecule has 0 aromatic carbocycles. The van der Waals surface area contributed by atoms with E-state index in [9.17, 15) is 9.59 Å². The van der Waals surface area contributed by atoms with Gasteiger partial charge in [-0.2, -0.15) is 0 Å². The summed E-state index contributed by atoms with van der Waals surface area (Å²) in [7, 11) is 0. The fourth-order valence-corrected chi connectivity index (χ4v) is 4.44. The summed E-state index contributed by atoms with van der Waals surface area (Å²) < 4.78 is 10.8. The summed E-state index contributed by atoms with van der Waals surface area (Å²) in [6.45, 7) is 6.99. The van der Waals surface area contributed by atoms with Gasteiger partial charge in [-0.3, -0.25) is 9.59 Å². The minimum Gasteiger partial charge on any atom is -0.466 e. The minimum absolute atomic E-state index is 0.0318. The van der Waals surface area contributed by atoms with Crippen molar-refractivity contribution in [2.75, 3.05) is 6.61 Å². The summed E-state index contributed by atoms with van der Waals surface area (Å²) in [4.78, 5) is 23.8. The average Bonchev–Trinajstić information content (AvgIpc) is 2.81. The van der Waals surface area contributed by atoms with Crippen LogP contribution < -0.4 is 0 Å². The molecule has 0 saturated carbocycles. The lowest BCUT2D eigenvalue weighted by Crippen LogP contribution is -2.18. The SMILES string of the molecule is CCCCCCCCCCCCCCCCCCOC(=O)CCCC(=O)OC(CCC)CCC. The van der Waals surface area contributed by atoms with Crippen LogP contribution in [0.1, 0.15) is 168 Å². The monoisotopic (exact) mass is 482 g/mol. The van der Waals surface area contributed by atoms with E-state index >= 15 is 0 Å². The molecule has 4 heteroatoms. The Bertz CT molecular complexity index is 443. The Balaban J connectivity index is 3.36. The fourth-order valence-electron chi connectivity index (χ4n) is 4.44. The Morgan fingerprint density at radius 3 is 1.35 bits per heavy atom. The van der Waals surface area contributed by atoms with Crippen LogP contribution in [-0.4, -0.2) is 24.6 Å². The van der Waals surface area contributed by atoms with Gasteiger partial charge in [-0.25, -0.2) is 0 Å². The Labute approximate surface area is 212 Å². The molecule has 0 unspecified atom stereocenters. The first-order chi connectivity index (χ1) is 16.6. The van der Waals surface area contributed by atoms with Gasteiger partial charge >= 0.3 is 11.9 Å². The van der Waals surface area contributed by atoms with E-state index in [1.807, 2.05) is 0 Å². The first-order valence-corrected chi connectivity index (χ1v) is 15.0. The fraction of sp³-hybridized carbons (Fsp3) is 0.933. The summed E-state index contributed by atoms with van der Waals surface area (Å²) in [6, 6.07) is 0. The van der Waals surface area contributed by atoms with Gasteiger partial charge in [-0.1, -0.05) is 130 Å². The number of carbonyl (C=O) groups is 2. The first-order valence-electron chi connectivity index (χ1n) is 15.0.